The first-order valence-corrected chi connectivity index (χ1v) is 20.1. The van der Waals surface area contributed by atoms with E-state index in [4.69, 9.17) is 14.6 Å². The van der Waals surface area contributed by atoms with E-state index in [1.165, 1.54) is 6.07 Å². The molecular weight excluding hydrogens is 759 g/mol. The molecule has 16 heteroatoms. The Morgan fingerprint density at radius 3 is 1.88 bits per heavy atom. The number of anilines is 5. The summed E-state index contributed by atoms with van der Waals surface area (Å²) in [6, 6.07) is 31.7. The molecule has 0 unspecified atom stereocenters. The lowest BCUT2D eigenvalue weighted by atomic mass is 10.1. The Kier molecular flexibility index (Phi) is 14.9. The molecular formula is C42H45N9O6S. The fraction of sp³-hybridized carbons (Fsp3) is 0.238. The van der Waals surface area contributed by atoms with Crippen molar-refractivity contribution in [1.82, 2.24) is 29.9 Å². The van der Waals surface area contributed by atoms with Crippen LogP contribution in [-0.4, -0.2) is 87.6 Å². The third-order valence-corrected chi connectivity index (χ3v) is 9.32. The zero-order chi connectivity index (χ0) is 40.6. The molecule has 4 aromatic carbocycles. The first-order valence-electron chi connectivity index (χ1n) is 18.7. The molecule has 0 amide bonds. The van der Waals surface area contributed by atoms with Gasteiger partial charge < -0.3 is 30.5 Å². The van der Waals surface area contributed by atoms with Crippen LogP contribution in [0.1, 0.15) is 46.1 Å². The molecule has 0 radical (unpaired) electrons. The monoisotopic (exact) mass is 803 g/mol. The molecule has 300 valence electrons. The highest BCUT2D eigenvalue weighted by Crippen LogP contribution is 2.23. The van der Waals surface area contributed by atoms with Gasteiger partial charge in [-0.15, -0.1) is 0 Å². The number of hydrogen-bond donors (Lipinski definition) is 5. The second-order valence-corrected chi connectivity index (χ2v) is 14.4. The topological polar surface area (TPSA) is 206 Å². The van der Waals surface area contributed by atoms with Crippen LogP contribution >= 0.6 is 0 Å². The second-order valence-electron chi connectivity index (χ2n) is 13.0. The molecule has 0 fully saturated rings. The predicted octanol–water partition coefficient (Wildman–Crippen LogP) is 6.28. The van der Waals surface area contributed by atoms with Gasteiger partial charge in [-0.2, -0.15) is 33.3 Å². The number of aliphatic hydroxyl groups is 1. The highest BCUT2D eigenvalue weighted by Gasteiger charge is 2.17. The average Bonchev–Trinajstić information content (AvgIpc) is 3.20. The summed E-state index contributed by atoms with van der Waals surface area (Å²) in [4.78, 5) is 27.0. The van der Waals surface area contributed by atoms with Gasteiger partial charge in [-0.05, 0) is 65.9 Å². The standard InChI is InChI=1S/C42H45N9O6S/c1-30-44-38(49-41(45-30)46-35-9-4-2-5-10-35)28-32-15-13-31(14-16-32)17-19-34-20-18-33(27-37(34)58(53,54)55)29-39-48-40(43-21-8-23-56-25-26-57-24-22-52)51-42(50-39)47-36-11-6-3-7-12-36/h2-7,9-20,27,52H,8,21-26,28-29H2,1H3,(H,53,54,55)(H,44,45,46,49)(H2,43,47,48,50,51)/b19-17+. The van der Waals surface area contributed by atoms with Crippen molar-refractivity contribution in [3.63, 3.8) is 0 Å². The summed E-state index contributed by atoms with van der Waals surface area (Å²) in [5, 5.41) is 18.4. The van der Waals surface area contributed by atoms with Gasteiger partial charge in [-0.25, -0.2) is 4.98 Å². The molecule has 6 aromatic rings. The van der Waals surface area contributed by atoms with Crippen molar-refractivity contribution in [1.29, 1.82) is 0 Å². The van der Waals surface area contributed by atoms with Gasteiger partial charge in [0.15, 0.2) is 0 Å². The lowest BCUT2D eigenvalue weighted by molar-refractivity contribution is 0.0331. The number of nitrogens with zero attached hydrogens (tertiary/aromatic N) is 6. The largest absolute Gasteiger partial charge is 0.394 e. The van der Waals surface area contributed by atoms with Crippen molar-refractivity contribution in [2.75, 3.05) is 55.5 Å². The third-order valence-electron chi connectivity index (χ3n) is 8.41. The molecule has 0 bridgehead atoms. The maximum atomic E-state index is 12.6. The number of ether oxygens (including phenoxy) is 2. The van der Waals surface area contributed by atoms with Crippen LogP contribution in [0.4, 0.5) is 29.2 Å². The van der Waals surface area contributed by atoms with E-state index in [0.29, 0.717) is 85.7 Å². The molecule has 0 spiro atoms. The molecule has 0 saturated heterocycles. The Balaban J connectivity index is 1.12. The summed E-state index contributed by atoms with van der Waals surface area (Å²) < 4.78 is 46.3. The van der Waals surface area contributed by atoms with Crippen molar-refractivity contribution < 1.29 is 27.6 Å². The van der Waals surface area contributed by atoms with Crippen molar-refractivity contribution in [2.24, 2.45) is 0 Å². The number of benzene rings is 4. The number of para-hydroxylation sites is 2. The number of aryl methyl sites for hydroxylation is 1. The van der Waals surface area contributed by atoms with Gasteiger partial charge in [0.25, 0.3) is 10.1 Å². The van der Waals surface area contributed by atoms with Crippen LogP contribution in [-0.2, 0) is 32.4 Å². The summed E-state index contributed by atoms with van der Waals surface area (Å²) in [7, 11) is -4.59. The highest BCUT2D eigenvalue weighted by molar-refractivity contribution is 7.86. The molecule has 2 heterocycles. The van der Waals surface area contributed by atoms with Crippen molar-refractivity contribution >= 4 is 51.5 Å². The van der Waals surface area contributed by atoms with Crippen LogP contribution in [0.25, 0.3) is 12.2 Å². The molecule has 0 atom stereocenters. The summed E-state index contributed by atoms with van der Waals surface area (Å²) in [5.74, 6) is 2.73. The zero-order valence-corrected chi connectivity index (χ0v) is 32.8. The third kappa shape index (κ3) is 13.2. The van der Waals surface area contributed by atoms with Gasteiger partial charge in [-0.1, -0.05) is 84.9 Å². The van der Waals surface area contributed by atoms with Gasteiger partial charge in [0.05, 0.1) is 26.4 Å². The van der Waals surface area contributed by atoms with Crippen LogP contribution in [0.3, 0.4) is 0 Å². The van der Waals surface area contributed by atoms with E-state index in [9.17, 15) is 13.0 Å². The first kappa shape index (κ1) is 41.5. The minimum absolute atomic E-state index is 0.0262. The van der Waals surface area contributed by atoms with Gasteiger partial charge in [0.2, 0.25) is 17.8 Å². The fourth-order valence-electron chi connectivity index (χ4n) is 5.72. The molecule has 6 rings (SSSR count). The number of rotatable bonds is 21. The smallest absolute Gasteiger partial charge is 0.295 e. The Morgan fingerprint density at radius 2 is 1.22 bits per heavy atom. The zero-order valence-electron chi connectivity index (χ0n) is 32.0. The number of aliphatic hydroxyl groups excluding tert-OH is 1. The van der Waals surface area contributed by atoms with Crippen molar-refractivity contribution in [3.05, 3.63) is 143 Å². The molecule has 0 aliphatic heterocycles. The van der Waals surface area contributed by atoms with Crippen LogP contribution in [0, 0.1) is 6.92 Å². The normalized spacial score (nSPS) is 11.5. The summed E-state index contributed by atoms with van der Waals surface area (Å²) >= 11 is 0. The number of nitrogens with one attached hydrogen (secondary N) is 3. The van der Waals surface area contributed by atoms with Crippen LogP contribution in [0.5, 0.6) is 0 Å². The van der Waals surface area contributed by atoms with Gasteiger partial charge >= 0.3 is 0 Å². The fourth-order valence-corrected chi connectivity index (χ4v) is 6.45. The van der Waals surface area contributed by atoms with Crippen LogP contribution in [0.15, 0.2) is 108 Å². The Labute approximate surface area is 337 Å². The van der Waals surface area contributed by atoms with Gasteiger partial charge in [0, 0.05) is 37.4 Å². The predicted molar refractivity (Wildman–Crippen MR) is 223 cm³/mol. The van der Waals surface area contributed by atoms with E-state index >= 15 is 0 Å². The lowest BCUT2D eigenvalue weighted by Gasteiger charge is -2.12. The van der Waals surface area contributed by atoms with Crippen molar-refractivity contribution in [2.45, 2.75) is 31.1 Å². The van der Waals surface area contributed by atoms with E-state index in [2.05, 4.69) is 45.9 Å². The van der Waals surface area contributed by atoms with E-state index in [0.717, 1.165) is 22.5 Å². The average molecular weight is 804 g/mol. The SMILES string of the molecule is Cc1nc(Cc2ccc(/C=C/c3ccc(Cc4nc(NCCCOCCOCCO)nc(Nc5ccccc5)n4)cc3S(=O)(=O)O)cc2)nc(Nc2ccccc2)n1. The van der Waals surface area contributed by atoms with Gasteiger partial charge in [0.1, 0.15) is 22.4 Å². The molecule has 0 aliphatic carbocycles. The van der Waals surface area contributed by atoms with Crippen molar-refractivity contribution in [3.8, 4) is 0 Å². The van der Waals surface area contributed by atoms with E-state index in [1.54, 1.807) is 24.3 Å². The maximum Gasteiger partial charge on any atom is 0.295 e. The summed E-state index contributed by atoms with van der Waals surface area (Å²) in [6.07, 6.45) is 4.76. The first-order chi connectivity index (χ1) is 28.2. The highest BCUT2D eigenvalue weighted by atomic mass is 32.2. The van der Waals surface area contributed by atoms with Gasteiger partial charge in [-0.3, -0.25) is 4.55 Å². The number of aromatic nitrogens is 6. The molecule has 58 heavy (non-hydrogen) atoms. The Bertz CT molecular complexity index is 2370. The van der Waals surface area contributed by atoms with E-state index in [-0.39, 0.29) is 24.5 Å². The molecule has 0 aliphatic rings. The minimum atomic E-state index is -4.59. The molecule has 5 N–H and O–H groups in total. The van der Waals surface area contributed by atoms with Crippen LogP contribution in [0.2, 0.25) is 0 Å². The van der Waals surface area contributed by atoms with Crippen LogP contribution < -0.4 is 16.0 Å². The second kappa shape index (κ2) is 20.8. The molecule has 2 aromatic heterocycles. The van der Waals surface area contributed by atoms with E-state index < -0.39 is 10.1 Å². The molecule has 15 nitrogen and oxygen atoms in total. The van der Waals surface area contributed by atoms with E-state index in [1.807, 2.05) is 91.9 Å². The lowest BCUT2D eigenvalue weighted by Crippen LogP contribution is -2.13. The summed E-state index contributed by atoms with van der Waals surface area (Å²) in [5.41, 5.74) is 4.37. The maximum absolute atomic E-state index is 12.6. The molecule has 0 saturated carbocycles. The quantitative estimate of drug-likeness (QED) is 0.0309. The Hall–Kier alpha value is -6.17. The summed E-state index contributed by atoms with van der Waals surface area (Å²) in [6.45, 7) is 3.92. The minimum Gasteiger partial charge on any atom is -0.394 e. The number of hydrogen-bond acceptors (Lipinski definition) is 14. The Morgan fingerprint density at radius 1 is 0.638 bits per heavy atom.